The average molecular weight is 235 g/mol. The Hall–Kier alpha value is -0.930. The number of aryl methyl sites for hydroxylation is 1. The second kappa shape index (κ2) is 5.41. The van der Waals surface area contributed by atoms with Crippen LogP contribution in [0.3, 0.4) is 0 Å². The van der Waals surface area contributed by atoms with Gasteiger partial charge < -0.3 is 9.67 Å². The molecule has 16 heavy (non-hydrogen) atoms. The fraction of sp³-hybridized carbons (Fsp3) is 0.385. The predicted octanol–water partition coefficient (Wildman–Crippen LogP) is 2.89. The Morgan fingerprint density at radius 2 is 2.12 bits per heavy atom. The summed E-state index contributed by atoms with van der Waals surface area (Å²) in [5, 5.41) is 10.5. The molecule has 0 radical (unpaired) electrons. The van der Waals surface area contributed by atoms with E-state index in [0.29, 0.717) is 0 Å². The number of fused-ring (bicyclic) bond motifs is 1. The first kappa shape index (κ1) is 11.6. The number of thioether (sulfide) groups is 1. The first-order valence-corrected chi connectivity index (χ1v) is 6.92. The highest BCUT2D eigenvalue weighted by atomic mass is 32.2. The Bertz CT molecular complexity index is 464. The first-order chi connectivity index (χ1) is 7.86. The van der Waals surface area contributed by atoms with Gasteiger partial charge in [0.15, 0.2) is 0 Å². The maximum Gasteiger partial charge on any atom is 0.0702 e. The molecule has 0 fully saturated rings. The summed E-state index contributed by atoms with van der Waals surface area (Å²) in [6.45, 7) is 1.15. The van der Waals surface area contributed by atoms with Crippen LogP contribution in [0.4, 0.5) is 0 Å². The normalized spacial score (nSPS) is 11.1. The van der Waals surface area contributed by atoms with E-state index in [2.05, 4.69) is 35.2 Å². The lowest BCUT2D eigenvalue weighted by atomic mass is 10.2. The molecule has 0 aliphatic carbocycles. The molecule has 0 saturated carbocycles. The molecule has 2 nitrogen and oxygen atoms in total. The van der Waals surface area contributed by atoms with Crippen molar-refractivity contribution in [1.29, 1.82) is 0 Å². The van der Waals surface area contributed by atoms with Crippen molar-refractivity contribution < 1.29 is 5.11 Å². The van der Waals surface area contributed by atoms with Crippen LogP contribution in [-0.4, -0.2) is 21.7 Å². The van der Waals surface area contributed by atoms with Crippen LogP contribution in [0.5, 0.6) is 0 Å². The Morgan fingerprint density at radius 3 is 2.88 bits per heavy atom. The number of nitrogens with zero attached hydrogens (tertiary/aromatic N) is 1. The molecule has 0 atom stereocenters. The zero-order chi connectivity index (χ0) is 11.4. The minimum atomic E-state index is 0.121. The van der Waals surface area contributed by atoms with Crippen molar-refractivity contribution in [2.45, 2.75) is 19.6 Å². The van der Waals surface area contributed by atoms with Crippen LogP contribution in [0.15, 0.2) is 30.5 Å². The summed E-state index contributed by atoms with van der Waals surface area (Å²) in [6.07, 6.45) is 5.38. The van der Waals surface area contributed by atoms with Crippen molar-refractivity contribution in [2.75, 3.05) is 12.0 Å². The summed E-state index contributed by atoms with van der Waals surface area (Å²) in [6, 6.07) is 8.27. The molecule has 0 aliphatic heterocycles. The van der Waals surface area contributed by atoms with Crippen molar-refractivity contribution in [2.24, 2.45) is 0 Å². The van der Waals surface area contributed by atoms with Gasteiger partial charge in [0.1, 0.15) is 0 Å². The zero-order valence-corrected chi connectivity index (χ0v) is 10.3. The highest BCUT2D eigenvalue weighted by Gasteiger charge is 2.06. The van der Waals surface area contributed by atoms with E-state index in [1.165, 1.54) is 23.1 Å². The molecule has 2 rings (SSSR count). The summed E-state index contributed by atoms with van der Waals surface area (Å²) in [4.78, 5) is 0. The standard InChI is InChI=1S/C13H17NOS/c1-16-8-4-7-14-9-11(10-15)12-5-2-3-6-13(12)14/h2-3,5-6,9,15H,4,7-8,10H2,1H3. The third-order valence-electron chi connectivity index (χ3n) is 2.79. The number of benzene rings is 1. The molecule has 0 spiro atoms. The fourth-order valence-corrected chi connectivity index (χ4v) is 2.43. The van der Waals surface area contributed by atoms with Crippen LogP contribution >= 0.6 is 11.8 Å². The van der Waals surface area contributed by atoms with Gasteiger partial charge in [0.2, 0.25) is 0 Å². The van der Waals surface area contributed by atoms with Gasteiger partial charge in [0.05, 0.1) is 6.61 Å². The molecule has 3 heteroatoms. The largest absolute Gasteiger partial charge is 0.392 e. The van der Waals surface area contributed by atoms with E-state index in [1.807, 2.05) is 17.8 Å². The molecule has 0 aliphatic rings. The van der Waals surface area contributed by atoms with Gasteiger partial charge in [-0.15, -0.1) is 0 Å². The molecule has 1 aromatic carbocycles. The van der Waals surface area contributed by atoms with Gasteiger partial charge in [-0.1, -0.05) is 18.2 Å². The van der Waals surface area contributed by atoms with Crippen molar-refractivity contribution in [1.82, 2.24) is 4.57 Å². The van der Waals surface area contributed by atoms with Crippen molar-refractivity contribution in [3.63, 3.8) is 0 Å². The number of aliphatic hydroxyl groups is 1. The van der Waals surface area contributed by atoms with Crippen LogP contribution in [-0.2, 0) is 13.2 Å². The smallest absolute Gasteiger partial charge is 0.0702 e. The fourth-order valence-electron chi connectivity index (χ4n) is 2.01. The number of para-hydroxylation sites is 1. The number of rotatable bonds is 5. The Balaban J connectivity index is 2.30. The molecule has 0 unspecified atom stereocenters. The molecule has 0 amide bonds. The van der Waals surface area contributed by atoms with Gasteiger partial charge in [-0.2, -0.15) is 11.8 Å². The maximum atomic E-state index is 9.30. The van der Waals surface area contributed by atoms with E-state index in [4.69, 9.17) is 0 Å². The Labute approximate surface area is 100 Å². The molecule has 2 aromatic rings. The molecular weight excluding hydrogens is 218 g/mol. The van der Waals surface area contributed by atoms with E-state index >= 15 is 0 Å². The first-order valence-electron chi connectivity index (χ1n) is 5.53. The number of hydrogen-bond acceptors (Lipinski definition) is 2. The summed E-state index contributed by atoms with van der Waals surface area (Å²) >= 11 is 1.88. The number of aromatic nitrogens is 1. The minimum absolute atomic E-state index is 0.121. The maximum absolute atomic E-state index is 9.30. The van der Waals surface area contributed by atoms with Gasteiger partial charge >= 0.3 is 0 Å². The van der Waals surface area contributed by atoms with Crippen LogP contribution in [0.2, 0.25) is 0 Å². The summed E-state index contributed by atoms with van der Waals surface area (Å²) in [5.74, 6) is 1.18. The van der Waals surface area contributed by atoms with Crippen LogP contribution in [0, 0.1) is 0 Å². The van der Waals surface area contributed by atoms with Gasteiger partial charge in [0.25, 0.3) is 0 Å². The molecule has 0 bridgehead atoms. The number of aliphatic hydroxyl groups excluding tert-OH is 1. The Morgan fingerprint density at radius 1 is 1.31 bits per heavy atom. The molecule has 1 aromatic heterocycles. The van der Waals surface area contributed by atoms with Gasteiger partial charge in [-0.25, -0.2) is 0 Å². The molecule has 86 valence electrons. The van der Waals surface area contributed by atoms with Crippen LogP contribution in [0.25, 0.3) is 10.9 Å². The SMILES string of the molecule is CSCCCn1cc(CO)c2ccccc21. The van der Waals surface area contributed by atoms with E-state index in [9.17, 15) is 5.11 Å². The van der Waals surface area contributed by atoms with Crippen LogP contribution in [0.1, 0.15) is 12.0 Å². The highest BCUT2D eigenvalue weighted by molar-refractivity contribution is 7.98. The van der Waals surface area contributed by atoms with Gasteiger partial charge in [0, 0.05) is 29.2 Å². The summed E-state index contributed by atoms with van der Waals surface area (Å²) in [7, 11) is 0. The quantitative estimate of drug-likeness (QED) is 0.806. The number of hydrogen-bond donors (Lipinski definition) is 1. The minimum Gasteiger partial charge on any atom is -0.392 e. The summed E-state index contributed by atoms with van der Waals surface area (Å²) in [5.41, 5.74) is 2.26. The van der Waals surface area contributed by atoms with Crippen LogP contribution < -0.4 is 0 Å². The van der Waals surface area contributed by atoms with E-state index in [1.54, 1.807) is 0 Å². The lowest BCUT2D eigenvalue weighted by Crippen LogP contribution is -1.97. The van der Waals surface area contributed by atoms with Crippen molar-refractivity contribution in [3.8, 4) is 0 Å². The van der Waals surface area contributed by atoms with Gasteiger partial charge in [-0.3, -0.25) is 0 Å². The third kappa shape index (κ3) is 2.25. The average Bonchev–Trinajstić information content (AvgIpc) is 2.68. The lowest BCUT2D eigenvalue weighted by molar-refractivity contribution is 0.283. The topological polar surface area (TPSA) is 25.2 Å². The summed E-state index contributed by atoms with van der Waals surface area (Å²) < 4.78 is 2.25. The van der Waals surface area contributed by atoms with Crippen molar-refractivity contribution in [3.05, 3.63) is 36.0 Å². The lowest BCUT2D eigenvalue weighted by Gasteiger charge is -2.03. The molecule has 0 saturated heterocycles. The Kier molecular flexibility index (Phi) is 3.91. The highest BCUT2D eigenvalue weighted by Crippen LogP contribution is 2.21. The van der Waals surface area contributed by atoms with E-state index in [0.717, 1.165) is 12.1 Å². The van der Waals surface area contributed by atoms with E-state index in [-0.39, 0.29) is 6.61 Å². The third-order valence-corrected chi connectivity index (χ3v) is 3.49. The second-order valence-electron chi connectivity index (χ2n) is 3.87. The molecular formula is C13H17NOS. The predicted molar refractivity (Wildman–Crippen MR) is 70.9 cm³/mol. The molecule has 1 N–H and O–H groups in total. The van der Waals surface area contributed by atoms with Gasteiger partial charge in [-0.05, 0) is 24.5 Å². The van der Waals surface area contributed by atoms with Crippen molar-refractivity contribution >= 4 is 22.7 Å². The monoisotopic (exact) mass is 235 g/mol. The second-order valence-corrected chi connectivity index (χ2v) is 4.85. The zero-order valence-electron chi connectivity index (χ0n) is 9.52. The van der Waals surface area contributed by atoms with E-state index < -0.39 is 0 Å². The molecule has 1 heterocycles.